The van der Waals surface area contributed by atoms with Crippen LogP contribution in [0.3, 0.4) is 0 Å². The van der Waals surface area contributed by atoms with E-state index in [-0.39, 0.29) is 12.2 Å². The zero-order chi connectivity index (χ0) is 14.4. The first-order chi connectivity index (χ1) is 9.70. The Balaban J connectivity index is 2.13. The van der Waals surface area contributed by atoms with Gasteiger partial charge in [-0.15, -0.1) is 0 Å². The van der Waals surface area contributed by atoms with Crippen molar-refractivity contribution in [3.63, 3.8) is 0 Å². The van der Waals surface area contributed by atoms with E-state index >= 15 is 0 Å². The molecule has 1 N–H and O–H groups in total. The van der Waals surface area contributed by atoms with Gasteiger partial charge in [0.1, 0.15) is 0 Å². The fourth-order valence-corrected chi connectivity index (χ4v) is 2.35. The molecule has 2 atom stereocenters. The lowest BCUT2D eigenvalue weighted by atomic mass is 10.1. The van der Waals surface area contributed by atoms with Crippen molar-refractivity contribution in [3.05, 3.63) is 71.3 Å². The Hall–Kier alpha value is -1.64. The number of ether oxygens (including phenoxy) is 1. The fraction of sp³-hybridized carbons (Fsp3) is 0.333. The summed E-state index contributed by atoms with van der Waals surface area (Å²) in [7, 11) is 1.96. The van der Waals surface area contributed by atoms with Crippen LogP contribution in [0, 0.1) is 6.92 Å². The van der Waals surface area contributed by atoms with Crippen LogP contribution in [0.15, 0.2) is 54.6 Å². The van der Waals surface area contributed by atoms with Gasteiger partial charge in [-0.2, -0.15) is 0 Å². The molecule has 0 heterocycles. The molecule has 0 aliphatic rings. The molecule has 2 aromatic carbocycles. The highest BCUT2D eigenvalue weighted by atomic mass is 16.5. The van der Waals surface area contributed by atoms with Gasteiger partial charge < -0.3 is 10.1 Å². The lowest BCUT2D eigenvalue weighted by molar-refractivity contribution is -0.00344. The number of benzene rings is 2. The van der Waals surface area contributed by atoms with Crippen LogP contribution < -0.4 is 5.32 Å². The van der Waals surface area contributed by atoms with Crippen LogP contribution in [-0.4, -0.2) is 13.6 Å². The molecular formula is C18H23NO. The molecule has 0 amide bonds. The predicted molar refractivity (Wildman–Crippen MR) is 83.8 cm³/mol. The Morgan fingerprint density at radius 3 is 2.35 bits per heavy atom. The van der Waals surface area contributed by atoms with Crippen molar-refractivity contribution in [2.45, 2.75) is 26.1 Å². The molecule has 0 aliphatic heterocycles. The zero-order valence-corrected chi connectivity index (χ0v) is 12.5. The summed E-state index contributed by atoms with van der Waals surface area (Å²) in [4.78, 5) is 0. The Labute approximate surface area is 121 Å². The Bertz CT molecular complexity index is 524. The predicted octanol–water partition coefficient (Wildman–Crippen LogP) is 4.03. The highest BCUT2D eigenvalue weighted by Crippen LogP contribution is 2.26. The van der Waals surface area contributed by atoms with E-state index in [1.54, 1.807) is 0 Å². The lowest BCUT2D eigenvalue weighted by Crippen LogP contribution is -2.21. The second-order valence-electron chi connectivity index (χ2n) is 5.15. The maximum atomic E-state index is 6.26. The highest BCUT2D eigenvalue weighted by molar-refractivity contribution is 5.25. The molecule has 2 aromatic rings. The van der Waals surface area contributed by atoms with E-state index in [1.165, 1.54) is 16.7 Å². The smallest absolute Gasteiger partial charge is 0.0957 e. The van der Waals surface area contributed by atoms with Gasteiger partial charge in [0.05, 0.1) is 12.2 Å². The largest absolute Gasteiger partial charge is 0.365 e. The van der Waals surface area contributed by atoms with Gasteiger partial charge in [-0.25, -0.2) is 0 Å². The third kappa shape index (κ3) is 3.92. The summed E-state index contributed by atoms with van der Waals surface area (Å²) in [6, 6.07) is 18.9. The van der Waals surface area contributed by atoms with E-state index in [0.717, 1.165) is 6.54 Å². The maximum absolute atomic E-state index is 6.26. The summed E-state index contributed by atoms with van der Waals surface area (Å²) in [5, 5.41) is 3.22. The van der Waals surface area contributed by atoms with Crippen molar-refractivity contribution >= 4 is 0 Å². The molecule has 2 rings (SSSR count). The fourth-order valence-electron chi connectivity index (χ4n) is 2.35. The number of hydrogen-bond acceptors (Lipinski definition) is 2. The lowest BCUT2D eigenvalue weighted by Gasteiger charge is -2.23. The minimum Gasteiger partial charge on any atom is -0.365 e. The summed E-state index contributed by atoms with van der Waals surface area (Å²) in [6.45, 7) is 5.02. The highest BCUT2D eigenvalue weighted by Gasteiger charge is 2.16. The van der Waals surface area contributed by atoms with E-state index in [2.05, 4.69) is 67.7 Å². The summed E-state index contributed by atoms with van der Waals surface area (Å²) in [5.41, 5.74) is 3.70. The molecule has 2 unspecified atom stereocenters. The Morgan fingerprint density at radius 1 is 1.00 bits per heavy atom. The third-order valence-electron chi connectivity index (χ3n) is 3.44. The average molecular weight is 269 g/mol. The SMILES string of the molecule is CNCC(OC(C)c1ccccc1)c1cccc(C)c1. The van der Waals surface area contributed by atoms with Crippen LogP contribution >= 0.6 is 0 Å². The topological polar surface area (TPSA) is 21.3 Å². The van der Waals surface area contributed by atoms with Crippen LogP contribution in [0.25, 0.3) is 0 Å². The molecule has 2 nitrogen and oxygen atoms in total. The second-order valence-corrected chi connectivity index (χ2v) is 5.15. The molecule has 0 saturated heterocycles. The molecular weight excluding hydrogens is 246 g/mol. The first-order valence-corrected chi connectivity index (χ1v) is 7.12. The van der Waals surface area contributed by atoms with Crippen LogP contribution in [0.5, 0.6) is 0 Å². The van der Waals surface area contributed by atoms with Crippen molar-refractivity contribution < 1.29 is 4.74 Å². The molecule has 0 aromatic heterocycles. The minimum absolute atomic E-state index is 0.0649. The summed E-state index contributed by atoms with van der Waals surface area (Å²) in [5.74, 6) is 0. The van der Waals surface area contributed by atoms with Gasteiger partial charge >= 0.3 is 0 Å². The quantitative estimate of drug-likeness (QED) is 0.854. The maximum Gasteiger partial charge on any atom is 0.0957 e. The molecule has 0 aliphatic carbocycles. The van der Waals surface area contributed by atoms with Crippen molar-refractivity contribution in [1.29, 1.82) is 0 Å². The van der Waals surface area contributed by atoms with E-state index < -0.39 is 0 Å². The van der Waals surface area contributed by atoms with Crippen molar-refractivity contribution in [3.8, 4) is 0 Å². The first-order valence-electron chi connectivity index (χ1n) is 7.12. The molecule has 2 heteroatoms. The van der Waals surface area contributed by atoms with E-state index in [9.17, 15) is 0 Å². The van der Waals surface area contributed by atoms with Gasteiger partial charge in [0.15, 0.2) is 0 Å². The van der Waals surface area contributed by atoms with Gasteiger partial charge in [-0.1, -0.05) is 60.2 Å². The normalized spacial score (nSPS) is 13.9. The van der Waals surface area contributed by atoms with Crippen LogP contribution in [0.2, 0.25) is 0 Å². The van der Waals surface area contributed by atoms with E-state index in [0.29, 0.717) is 0 Å². The number of hydrogen-bond donors (Lipinski definition) is 1. The molecule has 20 heavy (non-hydrogen) atoms. The Morgan fingerprint density at radius 2 is 1.70 bits per heavy atom. The van der Waals surface area contributed by atoms with Crippen molar-refractivity contribution in [1.82, 2.24) is 5.32 Å². The molecule has 0 radical (unpaired) electrons. The van der Waals surface area contributed by atoms with Gasteiger partial charge in [-0.05, 0) is 32.0 Å². The summed E-state index contributed by atoms with van der Waals surface area (Å²) >= 11 is 0. The van der Waals surface area contributed by atoms with Gasteiger partial charge in [-0.3, -0.25) is 0 Å². The van der Waals surface area contributed by atoms with Gasteiger partial charge in [0, 0.05) is 6.54 Å². The zero-order valence-electron chi connectivity index (χ0n) is 12.5. The third-order valence-corrected chi connectivity index (χ3v) is 3.44. The number of rotatable bonds is 6. The van der Waals surface area contributed by atoms with Crippen LogP contribution in [0.4, 0.5) is 0 Å². The first kappa shape index (κ1) is 14.8. The molecule has 0 fully saturated rings. The molecule has 0 spiro atoms. The standard InChI is InChI=1S/C18H23NO/c1-14-8-7-11-17(12-14)18(13-19-3)20-15(2)16-9-5-4-6-10-16/h4-12,15,18-19H,13H2,1-3H3. The van der Waals surface area contributed by atoms with Crippen LogP contribution in [-0.2, 0) is 4.74 Å². The molecule has 0 bridgehead atoms. The number of nitrogens with one attached hydrogen (secondary N) is 1. The average Bonchev–Trinajstić information content (AvgIpc) is 2.47. The second kappa shape index (κ2) is 7.22. The minimum atomic E-state index is 0.0649. The summed E-state index contributed by atoms with van der Waals surface area (Å²) in [6.07, 6.45) is 0.144. The summed E-state index contributed by atoms with van der Waals surface area (Å²) < 4.78 is 6.26. The number of aryl methyl sites for hydroxylation is 1. The Kier molecular flexibility index (Phi) is 5.33. The molecule has 106 valence electrons. The van der Waals surface area contributed by atoms with Gasteiger partial charge in [0.2, 0.25) is 0 Å². The van der Waals surface area contributed by atoms with Crippen LogP contribution in [0.1, 0.15) is 35.8 Å². The van der Waals surface area contributed by atoms with E-state index in [4.69, 9.17) is 4.74 Å². The van der Waals surface area contributed by atoms with Crippen molar-refractivity contribution in [2.24, 2.45) is 0 Å². The monoisotopic (exact) mass is 269 g/mol. The van der Waals surface area contributed by atoms with Gasteiger partial charge in [0.25, 0.3) is 0 Å². The van der Waals surface area contributed by atoms with E-state index in [1.807, 2.05) is 13.1 Å². The number of likely N-dealkylation sites (N-methyl/N-ethyl adjacent to an activating group) is 1. The van der Waals surface area contributed by atoms with Crippen molar-refractivity contribution in [2.75, 3.05) is 13.6 Å². The molecule has 0 saturated carbocycles.